The van der Waals surface area contributed by atoms with Crippen LogP contribution in [0.4, 0.5) is 0 Å². The summed E-state index contributed by atoms with van der Waals surface area (Å²) in [7, 11) is 0. The maximum atomic E-state index is 5.75. The van der Waals surface area contributed by atoms with Crippen molar-refractivity contribution >= 4 is 0 Å². The molecule has 2 heteroatoms. The lowest BCUT2D eigenvalue weighted by Crippen LogP contribution is -2.26. The topological polar surface area (TPSA) is 21.3 Å². The van der Waals surface area contributed by atoms with Crippen LogP contribution >= 0.6 is 0 Å². The van der Waals surface area contributed by atoms with Gasteiger partial charge in [-0.3, -0.25) is 0 Å². The molecule has 1 aliphatic heterocycles. The Bertz CT molecular complexity index is 423. The third kappa shape index (κ3) is 2.39. The Morgan fingerprint density at radius 1 is 1.33 bits per heavy atom. The van der Waals surface area contributed by atoms with E-state index < -0.39 is 0 Å². The Kier molecular flexibility index (Phi) is 3.67. The van der Waals surface area contributed by atoms with E-state index in [-0.39, 0.29) is 5.41 Å². The van der Waals surface area contributed by atoms with Crippen LogP contribution in [-0.2, 0) is 5.41 Å². The van der Waals surface area contributed by atoms with Crippen LogP contribution < -0.4 is 10.1 Å². The summed E-state index contributed by atoms with van der Waals surface area (Å²) in [6.07, 6.45) is 0. The van der Waals surface area contributed by atoms with Gasteiger partial charge in [-0.05, 0) is 30.2 Å². The van der Waals surface area contributed by atoms with Gasteiger partial charge in [-0.25, -0.2) is 0 Å². The summed E-state index contributed by atoms with van der Waals surface area (Å²) in [6.45, 7) is 13.0. The van der Waals surface area contributed by atoms with Gasteiger partial charge < -0.3 is 10.1 Å². The molecule has 1 aromatic rings. The van der Waals surface area contributed by atoms with Crippen LogP contribution in [0.15, 0.2) is 18.2 Å². The maximum absolute atomic E-state index is 5.75. The molecule has 1 aromatic carbocycles. The number of ether oxygens (including phenoxy) is 1. The van der Waals surface area contributed by atoms with Gasteiger partial charge in [0.1, 0.15) is 5.75 Å². The third-order valence-electron chi connectivity index (χ3n) is 3.77. The second kappa shape index (κ2) is 4.93. The highest BCUT2D eigenvalue weighted by molar-refractivity contribution is 5.46. The van der Waals surface area contributed by atoms with Crippen LogP contribution in [0.2, 0.25) is 0 Å². The fourth-order valence-corrected chi connectivity index (χ4v) is 2.69. The van der Waals surface area contributed by atoms with E-state index in [0.29, 0.717) is 12.0 Å². The van der Waals surface area contributed by atoms with Crippen molar-refractivity contribution in [1.29, 1.82) is 0 Å². The normalized spacial score (nSPS) is 18.6. The summed E-state index contributed by atoms with van der Waals surface area (Å²) in [5.74, 6) is 1.65. The van der Waals surface area contributed by atoms with E-state index in [1.807, 2.05) is 0 Å². The SMILES string of the molecule is CCNC(c1ccc2c(c1)C(C)(C)CO2)C(C)C. The Morgan fingerprint density at radius 3 is 2.67 bits per heavy atom. The van der Waals surface area contributed by atoms with Crippen molar-refractivity contribution < 1.29 is 4.74 Å². The number of benzene rings is 1. The molecule has 2 nitrogen and oxygen atoms in total. The highest BCUT2D eigenvalue weighted by atomic mass is 16.5. The average molecular weight is 247 g/mol. The third-order valence-corrected chi connectivity index (χ3v) is 3.77. The molecule has 0 amide bonds. The highest BCUT2D eigenvalue weighted by Gasteiger charge is 2.32. The molecule has 100 valence electrons. The number of fused-ring (bicyclic) bond motifs is 1. The Balaban J connectivity index is 2.36. The largest absolute Gasteiger partial charge is 0.492 e. The smallest absolute Gasteiger partial charge is 0.123 e. The molecule has 0 radical (unpaired) electrons. The fourth-order valence-electron chi connectivity index (χ4n) is 2.69. The first-order valence-electron chi connectivity index (χ1n) is 6.96. The molecule has 0 saturated heterocycles. The summed E-state index contributed by atoms with van der Waals surface area (Å²) in [6, 6.07) is 7.09. The quantitative estimate of drug-likeness (QED) is 0.876. The minimum absolute atomic E-state index is 0.138. The molecule has 0 saturated carbocycles. The number of hydrogen-bond acceptors (Lipinski definition) is 2. The minimum Gasteiger partial charge on any atom is -0.492 e. The summed E-state index contributed by atoms with van der Waals surface area (Å²) in [5, 5.41) is 3.58. The second-order valence-corrected chi connectivity index (χ2v) is 6.21. The second-order valence-electron chi connectivity index (χ2n) is 6.21. The molecule has 18 heavy (non-hydrogen) atoms. The van der Waals surface area contributed by atoms with Gasteiger partial charge in [-0.2, -0.15) is 0 Å². The highest BCUT2D eigenvalue weighted by Crippen LogP contribution is 2.40. The Morgan fingerprint density at radius 2 is 2.06 bits per heavy atom. The van der Waals surface area contributed by atoms with Crippen LogP contribution in [0.3, 0.4) is 0 Å². The van der Waals surface area contributed by atoms with E-state index in [0.717, 1.165) is 18.9 Å². The Hall–Kier alpha value is -1.02. The zero-order valence-electron chi connectivity index (χ0n) is 12.2. The van der Waals surface area contributed by atoms with Crippen molar-refractivity contribution in [2.24, 2.45) is 5.92 Å². The lowest BCUT2D eigenvalue weighted by molar-refractivity contribution is 0.291. The molecule has 1 unspecified atom stereocenters. The van der Waals surface area contributed by atoms with Crippen LogP contribution in [-0.4, -0.2) is 13.2 Å². The first-order valence-corrected chi connectivity index (χ1v) is 6.96. The van der Waals surface area contributed by atoms with Crippen molar-refractivity contribution in [3.8, 4) is 5.75 Å². The van der Waals surface area contributed by atoms with Crippen molar-refractivity contribution in [2.45, 2.75) is 46.1 Å². The van der Waals surface area contributed by atoms with Crippen molar-refractivity contribution in [1.82, 2.24) is 5.32 Å². The Labute approximate surface area is 111 Å². The van der Waals surface area contributed by atoms with E-state index in [1.54, 1.807) is 0 Å². The summed E-state index contributed by atoms with van der Waals surface area (Å²) in [4.78, 5) is 0. The zero-order chi connectivity index (χ0) is 13.3. The zero-order valence-corrected chi connectivity index (χ0v) is 12.2. The van der Waals surface area contributed by atoms with E-state index in [4.69, 9.17) is 4.74 Å². The first kappa shape index (κ1) is 13.4. The predicted molar refractivity (Wildman–Crippen MR) is 76.2 cm³/mol. The summed E-state index contributed by atoms with van der Waals surface area (Å²) >= 11 is 0. The van der Waals surface area contributed by atoms with E-state index in [9.17, 15) is 0 Å². The number of nitrogens with one attached hydrogen (secondary N) is 1. The van der Waals surface area contributed by atoms with Gasteiger partial charge in [0.25, 0.3) is 0 Å². The predicted octanol–water partition coefficient (Wildman–Crippen LogP) is 3.66. The summed E-state index contributed by atoms with van der Waals surface area (Å²) < 4.78 is 5.75. The van der Waals surface area contributed by atoms with E-state index in [1.165, 1.54) is 11.1 Å². The molecule has 0 spiro atoms. The number of rotatable bonds is 4. The molecular weight excluding hydrogens is 222 g/mol. The molecule has 0 fully saturated rings. The molecule has 0 aromatic heterocycles. The molecule has 1 N–H and O–H groups in total. The molecule has 0 bridgehead atoms. The molecule has 1 aliphatic rings. The minimum atomic E-state index is 0.138. The van der Waals surface area contributed by atoms with Gasteiger partial charge in [-0.1, -0.05) is 40.7 Å². The lowest BCUT2D eigenvalue weighted by atomic mass is 9.84. The van der Waals surface area contributed by atoms with Gasteiger partial charge in [0, 0.05) is 17.0 Å². The van der Waals surface area contributed by atoms with Crippen molar-refractivity contribution in [3.05, 3.63) is 29.3 Å². The van der Waals surface area contributed by atoms with Gasteiger partial charge in [0.15, 0.2) is 0 Å². The molecule has 0 aliphatic carbocycles. The van der Waals surface area contributed by atoms with Crippen molar-refractivity contribution in [3.63, 3.8) is 0 Å². The van der Waals surface area contributed by atoms with E-state index >= 15 is 0 Å². The molecular formula is C16H25NO. The first-order chi connectivity index (χ1) is 8.45. The monoisotopic (exact) mass is 247 g/mol. The standard InChI is InChI=1S/C16H25NO/c1-6-17-15(11(2)3)12-7-8-14-13(9-12)16(4,5)10-18-14/h7-9,11,15,17H,6,10H2,1-5H3. The van der Waals surface area contributed by atoms with Crippen LogP contribution in [0.5, 0.6) is 5.75 Å². The molecule has 1 atom stereocenters. The number of hydrogen-bond donors (Lipinski definition) is 1. The molecule has 2 rings (SSSR count). The average Bonchev–Trinajstić information content (AvgIpc) is 2.62. The maximum Gasteiger partial charge on any atom is 0.123 e. The van der Waals surface area contributed by atoms with E-state index in [2.05, 4.69) is 58.1 Å². The van der Waals surface area contributed by atoms with Crippen LogP contribution in [0.25, 0.3) is 0 Å². The summed E-state index contributed by atoms with van der Waals surface area (Å²) in [5.41, 5.74) is 2.87. The molecule has 1 heterocycles. The van der Waals surface area contributed by atoms with Crippen LogP contribution in [0.1, 0.15) is 51.8 Å². The van der Waals surface area contributed by atoms with Gasteiger partial charge in [0.2, 0.25) is 0 Å². The fraction of sp³-hybridized carbons (Fsp3) is 0.625. The van der Waals surface area contributed by atoms with Gasteiger partial charge in [0.05, 0.1) is 6.61 Å². The lowest BCUT2D eigenvalue weighted by Gasteiger charge is -2.24. The van der Waals surface area contributed by atoms with Crippen LogP contribution in [0, 0.1) is 5.92 Å². The van der Waals surface area contributed by atoms with Gasteiger partial charge in [-0.15, -0.1) is 0 Å². The van der Waals surface area contributed by atoms with Crippen molar-refractivity contribution in [2.75, 3.05) is 13.2 Å². The van der Waals surface area contributed by atoms with Gasteiger partial charge >= 0.3 is 0 Å².